The third-order valence-electron chi connectivity index (χ3n) is 2.38. The molecule has 1 aromatic heterocycles. The number of pyridine rings is 1. The third kappa shape index (κ3) is 5.73. The molecule has 0 amide bonds. The molecule has 1 N–H and O–H groups in total. The molecule has 0 bridgehead atoms. The van der Waals surface area contributed by atoms with Crippen LogP contribution in [0.4, 0.5) is 13.2 Å². The molecule has 2 rings (SSSR count). The summed E-state index contributed by atoms with van der Waals surface area (Å²) in [6, 6.07) is 3.74. The quantitative estimate of drug-likeness (QED) is 0.776. The van der Waals surface area contributed by atoms with Crippen molar-refractivity contribution in [1.82, 2.24) is 0 Å². The number of halogens is 3. The van der Waals surface area contributed by atoms with E-state index in [0.717, 1.165) is 17.8 Å². The van der Waals surface area contributed by atoms with E-state index in [2.05, 4.69) is 4.99 Å². The van der Waals surface area contributed by atoms with Crippen LogP contribution in [0.15, 0.2) is 41.7 Å². The molecule has 0 spiro atoms. The van der Waals surface area contributed by atoms with Crippen LogP contribution in [-0.4, -0.2) is 35.5 Å². The number of aliphatic imine (C=N–C) groups is 1. The predicted molar refractivity (Wildman–Crippen MR) is 65.9 cm³/mol. The van der Waals surface area contributed by atoms with Crippen molar-refractivity contribution < 1.29 is 37.5 Å². The molecule has 0 saturated heterocycles. The molecule has 0 atom stereocenters. The van der Waals surface area contributed by atoms with Gasteiger partial charge in [0.2, 0.25) is 6.54 Å². The van der Waals surface area contributed by atoms with Crippen LogP contribution in [0, 0.1) is 0 Å². The fraction of sp³-hybridized carbons (Fsp3) is 0.231. The van der Waals surface area contributed by atoms with E-state index in [-0.39, 0.29) is 6.54 Å². The van der Waals surface area contributed by atoms with Crippen LogP contribution in [0.2, 0.25) is 0 Å². The van der Waals surface area contributed by atoms with Gasteiger partial charge in [-0.25, -0.2) is 4.79 Å². The van der Waals surface area contributed by atoms with Crippen LogP contribution >= 0.6 is 0 Å². The minimum absolute atomic E-state index is 0.0113. The highest BCUT2D eigenvalue weighted by Crippen LogP contribution is 2.11. The number of carbonyl (C=O) groups excluding carboxylic acids is 1. The standard InChI is InChI=1S/C11H10N2O2.C2HF3O2/c14-11(15)8-13-6-3-9(4-7-13)10-2-1-5-12-10;3-2(4,5)1(6)7/h1-4,6-7H,5,8H2;(H,6,7). The normalized spacial score (nSPS) is 13.1. The Labute approximate surface area is 122 Å². The summed E-state index contributed by atoms with van der Waals surface area (Å²) < 4.78 is 33.2. The van der Waals surface area contributed by atoms with Crippen LogP contribution in [0.5, 0.6) is 0 Å². The average molecular weight is 316 g/mol. The Kier molecular flexibility index (Phi) is 5.79. The second kappa shape index (κ2) is 7.34. The fourth-order valence-corrected chi connectivity index (χ4v) is 1.45. The minimum atomic E-state index is -5.19. The van der Waals surface area contributed by atoms with E-state index >= 15 is 0 Å². The Hall–Kier alpha value is -2.71. The zero-order valence-electron chi connectivity index (χ0n) is 11.1. The molecule has 6 nitrogen and oxygen atoms in total. The highest BCUT2D eigenvalue weighted by molar-refractivity contribution is 6.09. The van der Waals surface area contributed by atoms with Gasteiger partial charge in [-0.3, -0.25) is 4.99 Å². The summed E-state index contributed by atoms with van der Waals surface area (Å²) in [6.07, 6.45) is 2.26. The molecule has 22 heavy (non-hydrogen) atoms. The lowest BCUT2D eigenvalue weighted by Crippen LogP contribution is -2.37. The number of aromatic nitrogens is 1. The van der Waals surface area contributed by atoms with Crippen LogP contribution in [0.3, 0.4) is 0 Å². The van der Waals surface area contributed by atoms with Crippen molar-refractivity contribution in [3.8, 4) is 0 Å². The predicted octanol–water partition coefficient (Wildman–Crippen LogP) is -0.284. The molecule has 9 heteroatoms. The Morgan fingerprint density at radius 1 is 1.32 bits per heavy atom. The van der Waals surface area contributed by atoms with Crippen molar-refractivity contribution in [1.29, 1.82) is 0 Å². The summed E-state index contributed by atoms with van der Waals surface area (Å²) in [5.74, 6) is -3.85. The number of aliphatic carboxylic acids is 2. The van der Waals surface area contributed by atoms with Gasteiger partial charge in [-0.05, 0) is 6.08 Å². The SMILES string of the molecule is O=C(O)C[n+]1ccc(C2=NCC=C2)cc1.O=C([O-])C(F)(F)F. The maximum atomic E-state index is 10.5. The highest BCUT2D eigenvalue weighted by Gasteiger charge is 2.28. The number of hydrogen-bond acceptors (Lipinski definition) is 4. The first-order valence-electron chi connectivity index (χ1n) is 5.90. The van der Waals surface area contributed by atoms with E-state index in [4.69, 9.17) is 15.0 Å². The smallest absolute Gasteiger partial charge is 0.430 e. The third-order valence-corrected chi connectivity index (χ3v) is 2.38. The second-order valence-corrected chi connectivity index (χ2v) is 4.07. The molecule has 0 unspecified atom stereocenters. The molecule has 1 aliphatic heterocycles. The van der Waals surface area contributed by atoms with Crippen molar-refractivity contribution in [2.45, 2.75) is 12.7 Å². The number of hydrogen-bond donors (Lipinski definition) is 1. The molecule has 0 saturated carbocycles. The molecule has 0 aromatic carbocycles. The topological polar surface area (TPSA) is 93.7 Å². The summed E-state index contributed by atoms with van der Waals surface area (Å²) >= 11 is 0. The van der Waals surface area contributed by atoms with E-state index in [1.807, 2.05) is 24.3 Å². The summed E-state index contributed by atoms with van der Waals surface area (Å²) in [5.41, 5.74) is 1.97. The van der Waals surface area contributed by atoms with E-state index in [9.17, 15) is 18.0 Å². The Morgan fingerprint density at radius 3 is 2.23 bits per heavy atom. The number of carbonyl (C=O) groups is 2. The lowest BCUT2D eigenvalue weighted by molar-refractivity contribution is -0.685. The van der Waals surface area contributed by atoms with Gasteiger partial charge in [0.1, 0.15) is 5.97 Å². The molecule has 0 radical (unpaired) electrons. The highest BCUT2D eigenvalue weighted by atomic mass is 19.4. The summed E-state index contributed by atoms with van der Waals surface area (Å²) in [5, 5.41) is 17.4. The Bertz CT molecular complexity index is 607. The van der Waals surface area contributed by atoms with Crippen LogP contribution in [0.1, 0.15) is 5.56 Å². The van der Waals surface area contributed by atoms with Gasteiger partial charge in [0, 0.05) is 17.7 Å². The van der Waals surface area contributed by atoms with Crippen LogP contribution < -0.4 is 9.67 Å². The van der Waals surface area contributed by atoms with Crippen molar-refractivity contribution in [2.75, 3.05) is 6.54 Å². The van der Waals surface area contributed by atoms with Crippen molar-refractivity contribution in [2.24, 2.45) is 4.99 Å². The molecule has 0 aliphatic carbocycles. The first-order valence-corrected chi connectivity index (χ1v) is 5.90. The molecular weight excluding hydrogens is 305 g/mol. The summed E-state index contributed by atoms with van der Waals surface area (Å²) in [4.78, 5) is 23.5. The molecule has 2 heterocycles. The maximum absolute atomic E-state index is 10.5. The zero-order chi connectivity index (χ0) is 16.8. The maximum Gasteiger partial charge on any atom is 0.430 e. The molecule has 1 aliphatic rings. The zero-order valence-corrected chi connectivity index (χ0v) is 11.1. The van der Waals surface area contributed by atoms with Gasteiger partial charge < -0.3 is 15.0 Å². The van der Waals surface area contributed by atoms with E-state index < -0.39 is 18.1 Å². The largest absolute Gasteiger partial charge is 0.542 e. The Morgan fingerprint density at radius 2 is 1.86 bits per heavy atom. The van der Waals surface area contributed by atoms with Crippen LogP contribution in [-0.2, 0) is 16.1 Å². The van der Waals surface area contributed by atoms with Gasteiger partial charge in [-0.1, -0.05) is 6.08 Å². The molecular formula is C13H11F3N2O4. The van der Waals surface area contributed by atoms with Crippen molar-refractivity contribution >= 4 is 17.7 Å². The fourth-order valence-electron chi connectivity index (χ4n) is 1.45. The number of carboxylic acids is 2. The lowest BCUT2D eigenvalue weighted by Gasteiger charge is -2.03. The summed E-state index contributed by atoms with van der Waals surface area (Å²) in [7, 11) is 0. The van der Waals surface area contributed by atoms with Gasteiger partial charge in [0.15, 0.2) is 12.4 Å². The average Bonchev–Trinajstić information content (AvgIpc) is 2.92. The van der Waals surface area contributed by atoms with E-state index in [1.54, 1.807) is 17.0 Å². The monoisotopic (exact) mass is 316 g/mol. The number of allylic oxidation sites excluding steroid dienone is 1. The first kappa shape index (κ1) is 17.3. The molecule has 118 valence electrons. The summed E-state index contributed by atoms with van der Waals surface area (Å²) in [6.45, 7) is 0.724. The van der Waals surface area contributed by atoms with E-state index in [1.165, 1.54) is 0 Å². The molecule has 1 aromatic rings. The first-order chi connectivity index (χ1) is 10.2. The van der Waals surface area contributed by atoms with E-state index in [0.29, 0.717) is 0 Å². The van der Waals surface area contributed by atoms with Crippen molar-refractivity contribution in [3.05, 3.63) is 42.2 Å². The van der Waals surface area contributed by atoms with Gasteiger partial charge in [-0.15, -0.1) is 0 Å². The number of nitrogens with zero attached hydrogens (tertiary/aromatic N) is 2. The van der Waals surface area contributed by atoms with Gasteiger partial charge in [0.05, 0.1) is 12.3 Å². The number of carboxylic acid groups (broad SMARTS) is 2. The molecule has 0 fully saturated rings. The van der Waals surface area contributed by atoms with Crippen molar-refractivity contribution in [3.63, 3.8) is 0 Å². The lowest BCUT2D eigenvalue weighted by atomic mass is 10.1. The Balaban J connectivity index is 0.000000295. The van der Waals surface area contributed by atoms with Gasteiger partial charge in [0.25, 0.3) is 0 Å². The van der Waals surface area contributed by atoms with Crippen LogP contribution in [0.25, 0.3) is 0 Å². The second-order valence-electron chi connectivity index (χ2n) is 4.07. The number of alkyl halides is 3. The number of rotatable bonds is 3. The van der Waals surface area contributed by atoms with Gasteiger partial charge in [-0.2, -0.15) is 17.7 Å². The minimum Gasteiger partial charge on any atom is -0.542 e. The van der Waals surface area contributed by atoms with Gasteiger partial charge >= 0.3 is 12.1 Å².